The van der Waals surface area contributed by atoms with Crippen LogP contribution in [0.25, 0.3) is 0 Å². The largest absolute Gasteiger partial charge is 0.508 e. The zero-order valence-corrected chi connectivity index (χ0v) is 18.7. The van der Waals surface area contributed by atoms with Crippen LogP contribution in [0, 0.1) is 12.7 Å². The molecule has 1 fully saturated rings. The van der Waals surface area contributed by atoms with Gasteiger partial charge in [-0.25, -0.2) is 4.39 Å². The molecule has 1 atom stereocenters. The number of aromatic hydroxyl groups is 1. The third-order valence-electron chi connectivity index (χ3n) is 6.23. The fourth-order valence-electron chi connectivity index (χ4n) is 4.33. The molecule has 32 heavy (non-hydrogen) atoms. The molecule has 1 heterocycles. The highest BCUT2D eigenvalue weighted by Crippen LogP contribution is 2.22. The first-order chi connectivity index (χ1) is 15.6. The first-order valence-electron chi connectivity index (χ1n) is 11.4. The Bertz CT molecular complexity index is 973. The molecule has 1 aliphatic heterocycles. The summed E-state index contributed by atoms with van der Waals surface area (Å²) < 4.78 is 13.1. The summed E-state index contributed by atoms with van der Waals surface area (Å²) in [4.78, 5) is 5.04. The van der Waals surface area contributed by atoms with E-state index in [1.54, 1.807) is 12.1 Å². The predicted molar refractivity (Wildman–Crippen MR) is 129 cm³/mol. The van der Waals surface area contributed by atoms with Gasteiger partial charge in [0, 0.05) is 51.0 Å². The number of phenolic OH excluding ortho intramolecular Hbond substituents is 1. The van der Waals surface area contributed by atoms with Crippen molar-refractivity contribution < 1.29 is 9.50 Å². The second-order valence-electron chi connectivity index (χ2n) is 8.65. The molecule has 0 saturated carbocycles. The standard InChI is InChI=1S/C27H32FN3O/c1-21-2-10-25(11-3-21)31-17-16-30(15-14-29-19-23-4-8-24(28)9-5-23)26(20-31)18-22-6-12-27(32)13-7-22/h2-13,26,29,32H,14-20H2,1H3/t26-/m0/s1. The molecule has 3 aromatic rings. The summed E-state index contributed by atoms with van der Waals surface area (Å²) in [5, 5.41) is 13.1. The van der Waals surface area contributed by atoms with E-state index in [1.165, 1.54) is 28.9 Å². The highest BCUT2D eigenvalue weighted by atomic mass is 19.1. The molecule has 0 amide bonds. The monoisotopic (exact) mass is 433 g/mol. The van der Waals surface area contributed by atoms with Crippen molar-refractivity contribution in [3.63, 3.8) is 0 Å². The van der Waals surface area contributed by atoms with Gasteiger partial charge in [0.05, 0.1) is 0 Å². The maximum atomic E-state index is 13.1. The molecule has 1 aliphatic rings. The van der Waals surface area contributed by atoms with E-state index in [4.69, 9.17) is 0 Å². The summed E-state index contributed by atoms with van der Waals surface area (Å²) in [5.41, 5.74) is 4.89. The molecule has 0 unspecified atom stereocenters. The number of nitrogens with one attached hydrogen (secondary N) is 1. The first-order valence-corrected chi connectivity index (χ1v) is 11.4. The van der Waals surface area contributed by atoms with Gasteiger partial charge in [0.2, 0.25) is 0 Å². The van der Waals surface area contributed by atoms with Crippen molar-refractivity contribution in [2.45, 2.75) is 25.9 Å². The van der Waals surface area contributed by atoms with Gasteiger partial charge in [-0.3, -0.25) is 4.90 Å². The van der Waals surface area contributed by atoms with Gasteiger partial charge in [-0.2, -0.15) is 0 Å². The zero-order valence-electron chi connectivity index (χ0n) is 18.7. The predicted octanol–water partition coefficient (Wildman–Crippen LogP) is 4.36. The maximum absolute atomic E-state index is 13.1. The Kier molecular flexibility index (Phi) is 7.40. The van der Waals surface area contributed by atoms with Crippen LogP contribution in [0.4, 0.5) is 10.1 Å². The number of nitrogens with zero attached hydrogens (tertiary/aromatic N) is 2. The first kappa shape index (κ1) is 22.3. The van der Waals surface area contributed by atoms with Crippen LogP contribution in [-0.4, -0.2) is 48.8 Å². The SMILES string of the molecule is Cc1ccc(N2CCN(CCNCc3ccc(F)cc3)[C@@H](Cc3ccc(O)cc3)C2)cc1. The minimum absolute atomic E-state index is 0.197. The zero-order chi connectivity index (χ0) is 22.3. The molecule has 5 heteroatoms. The molecule has 4 nitrogen and oxygen atoms in total. The number of aryl methyl sites for hydroxylation is 1. The second-order valence-corrected chi connectivity index (χ2v) is 8.65. The smallest absolute Gasteiger partial charge is 0.123 e. The number of halogens is 1. The molecular formula is C27H32FN3O. The summed E-state index contributed by atoms with van der Waals surface area (Å²) in [6.45, 7) is 7.70. The normalized spacial score (nSPS) is 16.9. The van der Waals surface area contributed by atoms with E-state index in [2.05, 4.69) is 46.3 Å². The Morgan fingerprint density at radius 3 is 2.31 bits per heavy atom. The van der Waals surface area contributed by atoms with Crippen LogP contribution >= 0.6 is 0 Å². The summed E-state index contributed by atoms with van der Waals surface area (Å²) in [7, 11) is 0. The van der Waals surface area contributed by atoms with E-state index in [-0.39, 0.29) is 5.82 Å². The molecule has 0 spiro atoms. The fraction of sp³-hybridized carbons (Fsp3) is 0.333. The lowest BCUT2D eigenvalue weighted by Crippen LogP contribution is -2.55. The van der Waals surface area contributed by atoms with Gasteiger partial charge in [-0.1, -0.05) is 42.0 Å². The minimum Gasteiger partial charge on any atom is -0.508 e. The molecular weight excluding hydrogens is 401 g/mol. The van der Waals surface area contributed by atoms with Gasteiger partial charge in [-0.05, 0) is 60.9 Å². The summed E-state index contributed by atoms with van der Waals surface area (Å²) >= 11 is 0. The van der Waals surface area contributed by atoms with Crippen LogP contribution in [0.1, 0.15) is 16.7 Å². The van der Waals surface area contributed by atoms with Gasteiger partial charge in [0.1, 0.15) is 11.6 Å². The van der Waals surface area contributed by atoms with Crippen LogP contribution in [0.2, 0.25) is 0 Å². The van der Waals surface area contributed by atoms with E-state index in [0.717, 1.165) is 51.3 Å². The van der Waals surface area contributed by atoms with Crippen LogP contribution in [0.3, 0.4) is 0 Å². The average Bonchev–Trinajstić information content (AvgIpc) is 2.81. The molecule has 1 saturated heterocycles. The summed E-state index contributed by atoms with van der Waals surface area (Å²) in [5.74, 6) is 0.109. The Labute approximate surface area is 190 Å². The number of phenols is 1. The fourth-order valence-corrected chi connectivity index (χ4v) is 4.33. The van der Waals surface area contributed by atoms with Gasteiger partial charge >= 0.3 is 0 Å². The lowest BCUT2D eigenvalue weighted by atomic mass is 10.0. The Balaban J connectivity index is 1.38. The van der Waals surface area contributed by atoms with Crippen molar-refractivity contribution in [1.29, 1.82) is 0 Å². The molecule has 4 rings (SSSR count). The number of anilines is 1. The third-order valence-corrected chi connectivity index (χ3v) is 6.23. The molecule has 2 N–H and O–H groups in total. The third kappa shape index (κ3) is 6.09. The lowest BCUT2D eigenvalue weighted by molar-refractivity contribution is 0.176. The molecule has 3 aromatic carbocycles. The summed E-state index contributed by atoms with van der Waals surface area (Å²) in [6.07, 6.45) is 0.945. The van der Waals surface area contributed by atoms with Crippen molar-refractivity contribution in [3.8, 4) is 5.75 Å². The van der Waals surface area contributed by atoms with Gasteiger partial charge in [0.25, 0.3) is 0 Å². The number of rotatable bonds is 8. The van der Waals surface area contributed by atoms with Gasteiger partial charge < -0.3 is 15.3 Å². The molecule has 0 aliphatic carbocycles. The van der Waals surface area contributed by atoms with E-state index >= 15 is 0 Å². The number of benzene rings is 3. The number of hydrogen-bond acceptors (Lipinski definition) is 4. The van der Waals surface area contributed by atoms with Crippen molar-refractivity contribution in [2.75, 3.05) is 37.6 Å². The highest BCUT2D eigenvalue weighted by Gasteiger charge is 2.27. The van der Waals surface area contributed by atoms with Gasteiger partial charge in [0.15, 0.2) is 0 Å². The van der Waals surface area contributed by atoms with E-state index in [1.807, 2.05) is 24.3 Å². The van der Waals surface area contributed by atoms with Gasteiger partial charge in [-0.15, -0.1) is 0 Å². The van der Waals surface area contributed by atoms with Crippen LogP contribution in [0.5, 0.6) is 5.75 Å². The molecule has 0 aromatic heterocycles. The Hall–Kier alpha value is -2.89. The van der Waals surface area contributed by atoms with Crippen molar-refractivity contribution in [2.24, 2.45) is 0 Å². The maximum Gasteiger partial charge on any atom is 0.123 e. The Morgan fingerprint density at radius 2 is 1.59 bits per heavy atom. The Morgan fingerprint density at radius 1 is 0.906 bits per heavy atom. The van der Waals surface area contributed by atoms with Crippen LogP contribution in [-0.2, 0) is 13.0 Å². The average molecular weight is 434 g/mol. The van der Waals surface area contributed by atoms with E-state index < -0.39 is 0 Å². The minimum atomic E-state index is -0.197. The highest BCUT2D eigenvalue weighted by molar-refractivity contribution is 5.48. The van der Waals surface area contributed by atoms with Crippen molar-refractivity contribution in [3.05, 3.63) is 95.3 Å². The number of hydrogen-bond donors (Lipinski definition) is 2. The molecule has 168 valence electrons. The topological polar surface area (TPSA) is 38.7 Å². The molecule has 0 bridgehead atoms. The molecule has 0 radical (unpaired) electrons. The number of piperazine rings is 1. The van der Waals surface area contributed by atoms with Crippen molar-refractivity contribution >= 4 is 5.69 Å². The quantitative estimate of drug-likeness (QED) is 0.518. The van der Waals surface area contributed by atoms with Crippen molar-refractivity contribution in [1.82, 2.24) is 10.2 Å². The van der Waals surface area contributed by atoms with Crippen LogP contribution in [0.15, 0.2) is 72.8 Å². The summed E-state index contributed by atoms with van der Waals surface area (Å²) in [6, 6.07) is 23.4. The van der Waals surface area contributed by atoms with E-state index in [0.29, 0.717) is 11.8 Å². The lowest BCUT2D eigenvalue weighted by Gasteiger charge is -2.43. The second kappa shape index (κ2) is 10.6. The van der Waals surface area contributed by atoms with Crippen LogP contribution < -0.4 is 10.2 Å². The van der Waals surface area contributed by atoms with E-state index in [9.17, 15) is 9.50 Å².